The number of rotatable bonds is 7. The molecule has 0 fully saturated rings. The maximum Gasteiger partial charge on any atom is 0.150 e. The van der Waals surface area contributed by atoms with Gasteiger partial charge in [0.25, 0.3) is 0 Å². The third kappa shape index (κ3) is 5.60. The van der Waals surface area contributed by atoms with Crippen LogP contribution in [0.5, 0.6) is 0 Å². The molecule has 0 amide bonds. The van der Waals surface area contributed by atoms with Gasteiger partial charge in [0.05, 0.1) is 16.5 Å². The molecule has 2 nitrogen and oxygen atoms in total. The van der Waals surface area contributed by atoms with Crippen molar-refractivity contribution in [2.75, 3.05) is 4.90 Å². The second-order valence-corrected chi connectivity index (χ2v) is 17.4. The molecule has 6 aromatic rings. The van der Waals surface area contributed by atoms with Gasteiger partial charge in [-0.2, -0.15) is 0 Å². The number of hydrogen-bond donors (Lipinski definition) is 0. The van der Waals surface area contributed by atoms with Crippen LogP contribution in [0.25, 0.3) is 27.8 Å². The van der Waals surface area contributed by atoms with Crippen molar-refractivity contribution in [2.24, 2.45) is 17.3 Å². The molecule has 59 heavy (non-hydrogen) atoms. The second kappa shape index (κ2) is 14.2. The van der Waals surface area contributed by atoms with Gasteiger partial charge in [-0.1, -0.05) is 171 Å². The Labute approximate surface area is 349 Å². The molecule has 0 saturated carbocycles. The average molecular weight is 764 g/mol. The lowest BCUT2D eigenvalue weighted by Gasteiger charge is -2.45. The highest BCUT2D eigenvalue weighted by Crippen LogP contribution is 2.66. The molecule has 1 heterocycles. The van der Waals surface area contributed by atoms with Crippen LogP contribution in [-0.4, -0.2) is 0 Å². The summed E-state index contributed by atoms with van der Waals surface area (Å²) in [4.78, 5) is 2.46. The Kier molecular flexibility index (Phi) is 8.59. The predicted octanol–water partition coefficient (Wildman–Crippen LogP) is 14.8. The molecule has 3 unspecified atom stereocenters. The first kappa shape index (κ1) is 35.8. The molecule has 0 N–H and O–H groups in total. The minimum Gasteiger partial charge on any atom is -0.459 e. The Bertz CT molecular complexity index is 2630. The molecule has 1 aliphatic heterocycles. The summed E-state index contributed by atoms with van der Waals surface area (Å²) in [5.41, 5.74) is 16.3. The lowest BCUT2D eigenvalue weighted by atomic mass is 9.57. The standard InChI is InChI=1S/C57H49NO/c1-39-37-52-54(53(38-39)58(45-32-28-42(29-33-45)40-17-6-3-7-18-40)46-34-30-43(31-35-46)41-19-8-4-9-20-41)59-55-51(27-16-36-56(52,55)2)57(44-21-10-5-11-22-44)49-25-14-12-23-47(49)48-24-13-15-26-50(48)57/h3-15,17-25,28-35,38-39,50H,16,26-27,36-37H2,1-2H3/t39-,50?,56?,57?/m1/s1. The molecule has 288 valence electrons. The first-order valence-electron chi connectivity index (χ1n) is 21.5. The Morgan fingerprint density at radius 1 is 0.627 bits per heavy atom. The molecule has 4 atom stereocenters. The molecule has 2 heteroatoms. The van der Waals surface area contributed by atoms with Crippen molar-refractivity contribution in [1.29, 1.82) is 0 Å². The topological polar surface area (TPSA) is 12.5 Å². The van der Waals surface area contributed by atoms with Gasteiger partial charge in [-0.15, -0.1) is 0 Å². The molecule has 4 aliphatic carbocycles. The van der Waals surface area contributed by atoms with Gasteiger partial charge in [-0.25, -0.2) is 0 Å². The summed E-state index contributed by atoms with van der Waals surface area (Å²) in [5, 5.41) is 0. The van der Waals surface area contributed by atoms with Crippen molar-refractivity contribution < 1.29 is 4.74 Å². The average Bonchev–Trinajstić information content (AvgIpc) is 3.77. The Balaban J connectivity index is 1.08. The fourth-order valence-corrected chi connectivity index (χ4v) is 11.3. The van der Waals surface area contributed by atoms with Crippen LogP contribution >= 0.6 is 0 Å². The van der Waals surface area contributed by atoms with Gasteiger partial charge < -0.3 is 9.64 Å². The second-order valence-electron chi connectivity index (χ2n) is 17.4. The van der Waals surface area contributed by atoms with E-state index in [2.05, 4.69) is 207 Å². The molecule has 0 saturated heterocycles. The maximum atomic E-state index is 7.72. The van der Waals surface area contributed by atoms with Crippen molar-refractivity contribution >= 4 is 16.9 Å². The predicted molar refractivity (Wildman–Crippen MR) is 244 cm³/mol. The summed E-state index contributed by atoms with van der Waals surface area (Å²) in [6.45, 7) is 4.89. The summed E-state index contributed by atoms with van der Waals surface area (Å²) in [6, 6.07) is 60.2. The number of ether oxygens (including phenoxy) is 1. The first-order chi connectivity index (χ1) is 29.0. The van der Waals surface area contributed by atoms with Crippen molar-refractivity contribution in [3.05, 3.63) is 233 Å². The third-order valence-electron chi connectivity index (χ3n) is 14.0. The lowest BCUT2D eigenvalue weighted by molar-refractivity contribution is 0.225. The van der Waals surface area contributed by atoms with E-state index in [4.69, 9.17) is 4.74 Å². The highest BCUT2D eigenvalue weighted by Gasteiger charge is 2.58. The van der Waals surface area contributed by atoms with E-state index in [1.807, 2.05) is 0 Å². The number of fused-ring (bicyclic) bond motifs is 5. The number of benzene rings is 6. The number of hydrogen-bond acceptors (Lipinski definition) is 2. The van der Waals surface area contributed by atoms with E-state index in [-0.39, 0.29) is 10.8 Å². The minimum atomic E-state index is -0.324. The molecule has 0 radical (unpaired) electrons. The van der Waals surface area contributed by atoms with Gasteiger partial charge in [0.15, 0.2) is 5.76 Å². The zero-order valence-electron chi connectivity index (χ0n) is 33.9. The van der Waals surface area contributed by atoms with Crippen LogP contribution < -0.4 is 4.90 Å². The highest BCUT2D eigenvalue weighted by atomic mass is 16.5. The fourth-order valence-electron chi connectivity index (χ4n) is 11.3. The molecule has 6 aromatic carbocycles. The summed E-state index contributed by atoms with van der Waals surface area (Å²) in [5.74, 6) is 2.89. The van der Waals surface area contributed by atoms with Gasteiger partial charge in [-0.05, 0) is 125 Å². The molecule has 5 aliphatic rings. The van der Waals surface area contributed by atoms with Crippen LogP contribution in [0.2, 0.25) is 0 Å². The van der Waals surface area contributed by atoms with E-state index in [0.717, 1.165) is 54.9 Å². The molecule has 0 aromatic heterocycles. The van der Waals surface area contributed by atoms with Crippen LogP contribution in [0.15, 0.2) is 216 Å². The quantitative estimate of drug-likeness (QED) is 0.161. The molecular formula is C57H49NO. The smallest absolute Gasteiger partial charge is 0.150 e. The summed E-state index contributed by atoms with van der Waals surface area (Å²) < 4.78 is 7.72. The van der Waals surface area contributed by atoms with Crippen LogP contribution in [-0.2, 0) is 10.2 Å². The first-order valence-corrected chi connectivity index (χ1v) is 21.5. The van der Waals surface area contributed by atoms with E-state index < -0.39 is 0 Å². The van der Waals surface area contributed by atoms with Gasteiger partial charge in [0, 0.05) is 17.3 Å². The van der Waals surface area contributed by atoms with E-state index in [0.29, 0.717) is 11.8 Å². The van der Waals surface area contributed by atoms with Gasteiger partial charge in [-0.3, -0.25) is 0 Å². The monoisotopic (exact) mass is 763 g/mol. The van der Waals surface area contributed by atoms with Gasteiger partial charge in [0.1, 0.15) is 5.76 Å². The van der Waals surface area contributed by atoms with Gasteiger partial charge >= 0.3 is 0 Å². The van der Waals surface area contributed by atoms with Crippen LogP contribution in [0, 0.1) is 17.3 Å². The van der Waals surface area contributed by atoms with Crippen molar-refractivity contribution in [3.8, 4) is 22.3 Å². The molecule has 11 rings (SSSR count). The number of allylic oxidation sites excluding steroid dienone is 7. The fraction of sp³-hybridized carbons (Fsp3) is 0.193. The molecular weight excluding hydrogens is 715 g/mol. The Morgan fingerprint density at radius 3 is 1.85 bits per heavy atom. The van der Waals surface area contributed by atoms with Crippen LogP contribution in [0.3, 0.4) is 0 Å². The minimum absolute atomic E-state index is 0.204. The third-order valence-corrected chi connectivity index (χ3v) is 14.0. The Hall–Kier alpha value is -6.38. The van der Waals surface area contributed by atoms with Crippen LogP contribution in [0.1, 0.15) is 62.6 Å². The van der Waals surface area contributed by atoms with E-state index in [9.17, 15) is 0 Å². The van der Waals surface area contributed by atoms with E-state index in [1.165, 1.54) is 61.4 Å². The molecule has 0 spiro atoms. The van der Waals surface area contributed by atoms with Crippen LogP contribution in [0.4, 0.5) is 11.4 Å². The van der Waals surface area contributed by atoms with Crippen molar-refractivity contribution in [3.63, 3.8) is 0 Å². The summed E-state index contributed by atoms with van der Waals surface area (Å²) in [7, 11) is 0. The van der Waals surface area contributed by atoms with E-state index >= 15 is 0 Å². The largest absolute Gasteiger partial charge is 0.459 e. The Morgan fingerprint density at radius 2 is 1.20 bits per heavy atom. The molecule has 0 bridgehead atoms. The SMILES string of the molecule is C[C@H]1C=C(N(c2ccc(-c3ccccc3)cc2)c2ccc(-c3ccccc3)cc2)C2=C(C1)C1(C)CCCC(C3(c4ccccc4)c4ccccc4C4=CC=CCC43)=C1O2. The van der Waals surface area contributed by atoms with Gasteiger partial charge in [0.2, 0.25) is 0 Å². The normalized spacial score (nSPS) is 24.0. The van der Waals surface area contributed by atoms with E-state index in [1.54, 1.807) is 0 Å². The summed E-state index contributed by atoms with van der Waals surface area (Å²) in [6.07, 6.45) is 14.7. The van der Waals surface area contributed by atoms with Crippen molar-refractivity contribution in [1.82, 2.24) is 0 Å². The van der Waals surface area contributed by atoms with Crippen molar-refractivity contribution in [2.45, 2.75) is 51.4 Å². The number of nitrogens with zero attached hydrogens (tertiary/aromatic N) is 1. The zero-order valence-corrected chi connectivity index (χ0v) is 33.9. The number of anilines is 2. The summed E-state index contributed by atoms with van der Waals surface area (Å²) >= 11 is 0. The highest BCUT2D eigenvalue weighted by molar-refractivity contribution is 5.84. The zero-order chi connectivity index (χ0) is 39.6. The maximum absolute atomic E-state index is 7.72. The lowest BCUT2D eigenvalue weighted by Crippen LogP contribution is -2.39.